The van der Waals surface area contributed by atoms with Crippen LogP contribution in [0.25, 0.3) is 11.5 Å². The quantitative estimate of drug-likeness (QED) is 0.877. The van der Waals surface area contributed by atoms with Gasteiger partial charge in [0.15, 0.2) is 5.82 Å². The van der Waals surface area contributed by atoms with E-state index in [1.807, 2.05) is 45.0 Å². The number of hydrogen-bond acceptors (Lipinski definition) is 4. The molecule has 88 valence electrons. The van der Waals surface area contributed by atoms with Crippen molar-refractivity contribution in [2.75, 3.05) is 11.9 Å². The Kier molecular flexibility index (Phi) is 3.32. The molecule has 2 heterocycles. The maximum Gasteiger partial charge on any atom is 0.180 e. The van der Waals surface area contributed by atoms with Crippen LogP contribution in [0.5, 0.6) is 0 Å². The molecule has 2 aromatic heterocycles. The minimum Gasteiger partial charge on any atom is -0.370 e. The maximum absolute atomic E-state index is 4.45. The Bertz CT molecular complexity index is 523. The van der Waals surface area contributed by atoms with E-state index in [-0.39, 0.29) is 0 Å². The van der Waals surface area contributed by atoms with Gasteiger partial charge in [-0.1, -0.05) is 6.07 Å². The van der Waals surface area contributed by atoms with Crippen molar-refractivity contribution in [1.29, 1.82) is 0 Å². The number of nitrogens with one attached hydrogen (secondary N) is 1. The molecule has 0 unspecified atom stereocenters. The lowest BCUT2D eigenvalue weighted by Crippen LogP contribution is -2.03. The van der Waals surface area contributed by atoms with E-state index in [2.05, 4.69) is 20.3 Å². The number of aromatic nitrogens is 3. The third-order valence-electron chi connectivity index (χ3n) is 2.33. The fourth-order valence-corrected chi connectivity index (χ4v) is 1.62. The fraction of sp³-hybridized carbons (Fsp3) is 0.308. The first-order chi connectivity index (χ1) is 8.19. The molecule has 0 fully saturated rings. The zero-order chi connectivity index (χ0) is 12.3. The van der Waals surface area contributed by atoms with E-state index in [0.717, 1.165) is 29.4 Å². The molecular weight excluding hydrogens is 212 g/mol. The molecule has 4 nitrogen and oxygen atoms in total. The topological polar surface area (TPSA) is 50.7 Å². The minimum absolute atomic E-state index is 0.671. The normalized spacial score (nSPS) is 10.3. The molecule has 0 bridgehead atoms. The van der Waals surface area contributed by atoms with Crippen LogP contribution >= 0.6 is 0 Å². The summed E-state index contributed by atoms with van der Waals surface area (Å²) < 4.78 is 0. The largest absolute Gasteiger partial charge is 0.370 e. The first kappa shape index (κ1) is 11.5. The van der Waals surface area contributed by atoms with Gasteiger partial charge in [0.05, 0.1) is 0 Å². The molecule has 0 spiro atoms. The number of rotatable bonds is 3. The van der Waals surface area contributed by atoms with Gasteiger partial charge in [-0.3, -0.25) is 0 Å². The fourth-order valence-electron chi connectivity index (χ4n) is 1.62. The monoisotopic (exact) mass is 228 g/mol. The molecule has 17 heavy (non-hydrogen) atoms. The summed E-state index contributed by atoms with van der Waals surface area (Å²) in [5, 5.41) is 3.19. The minimum atomic E-state index is 0.671. The molecule has 0 radical (unpaired) electrons. The molecule has 1 N–H and O–H groups in total. The van der Waals surface area contributed by atoms with Crippen molar-refractivity contribution < 1.29 is 0 Å². The summed E-state index contributed by atoms with van der Waals surface area (Å²) >= 11 is 0. The van der Waals surface area contributed by atoms with Crippen molar-refractivity contribution in [2.24, 2.45) is 0 Å². The lowest BCUT2D eigenvalue weighted by Gasteiger charge is -2.06. The van der Waals surface area contributed by atoms with Gasteiger partial charge >= 0.3 is 0 Å². The summed E-state index contributed by atoms with van der Waals surface area (Å²) in [6.07, 6.45) is 0. The van der Waals surface area contributed by atoms with Gasteiger partial charge < -0.3 is 5.32 Å². The Morgan fingerprint density at radius 1 is 1.06 bits per heavy atom. The molecule has 0 aliphatic carbocycles. The summed E-state index contributed by atoms with van der Waals surface area (Å²) in [6.45, 7) is 6.81. The Hall–Kier alpha value is -1.97. The molecule has 0 saturated heterocycles. The van der Waals surface area contributed by atoms with Gasteiger partial charge in [0.1, 0.15) is 11.5 Å². The van der Waals surface area contributed by atoms with Crippen LogP contribution < -0.4 is 5.32 Å². The molecular formula is C13H16N4. The summed E-state index contributed by atoms with van der Waals surface area (Å²) in [6, 6.07) is 7.79. The molecule has 0 amide bonds. The Morgan fingerprint density at radius 3 is 2.59 bits per heavy atom. The van der Waals surface area contributed by atoms with E-state index >= 15 is 0 Å². The zero-order valence-electron chi connectivity index (χ0n) is 10.4. The van der Waals surface area contributed by atoms with Crippen LogP contribution in [0, 0.1) is 13.8 Å². The lowest BCUT2D eigenvalue weighted by molar-refractivity contribution is 1.06. The third-order valence-corrected chi connectivity index (χ3v) is 2.33. The van der Waals surface area contributed by atoms with E-state index in [1.54, 1.807) is 0 Å². The SMILES string of the molecule is CCNc1cc(C)nc(-c2cccc(C)n2)n1. The molecule has 0 aliphatic rings. The van der Waals surface area contributed by atoms with Gasteiger partial charge in [-0.2, -0.15) is 0 Å². The molecule has 4 heteroatoms. The maximum atomic E-state index is 4.45. The zero-order valence-corrected chi connectivity index (χ0v) is 10.4. The summed E-state index contributed by atoms with van der Waals surface area (Å²) in [5.74, 6) is 1.52. The van der Waals surface area contributed by atoms with Crippen molar-refractivity contribution in [3.05, 3.63) is 35.7 Å². The van der Waals surface area contributed by atoms with Crippen LogP contribution in [-0.2, 0) is 0 Å². The molecule has 2 aromatic rings. The molecule has 0 saturated carbocycles. The molecule has 0 aromatic carbocycles. The van der Waals surface area contributed by atoms with Crippen molar-refractivity contribution in [3.8, 4) is 11.5 Å². The average molecular weight is 228 g/mol. The predicted octanol–water partition coefficient (Wildman–Crippen LogP) is 2.59. The highest BCUT2D eigenvalue weighted by Gasteiger charge is 2.05. The second kappa shape index (κ2) is 4.91. The van der Waals surface area contributed by atoms with Crippen LogP contribution in [0.3, 0.4) is 0 Å². The van der Waals surface area contributed by atoms with Crippen LogP contribution in [0.2, 0.25) is 0 Å². The van der Waals surface area contributed by atoms with Gasteiger partial charge in [-0.25, -0.2) is 15.0 Å². The predicted molar refractivity (Wildman–Crippen MR) is 68.9 cm³/mol. The van der Waals surface area contributed by atoms with Crippen LogP contribution in [0.4, 0.5) is 5.82 Å². The Morgan fingerprint density at radius 2 is 1.88 bits per heavy atom. The molecule has 2 rings (SSSR count). The van der Waals surface area contributed by atoms with Gasteiger partial charge in [0, 0.05) is 24.0 Å². The Labute approximate surface area is 101 Å². The van der Waals surface area contributed by atoms with E-state index in [1.165, 1.54) is 0 Å². The number of aryl methyl sites for hydroxylation is 2. The van der Waals surface area contributed by atoms with Gasteiger partial charge in [0.25, 0.3) is 0 Å². The van der Waals surface area contributed by atoms with Crippen molar-refractivity contribution in [2.45, 2.75) is 20.8 Å². The van der Waals surface area contributed by atoms with Crippen LogP contribution in [-0.4, -0.2) is 21.5 Å². The van der Waals surface area contributed by atoms with Gasteiger partial charge in [-0.05, 0) is 32.9 Å². The van der Waals surface area contributed by atoms with E-state index < -0.39 is 0 Å². The number of anilines is 1. The van der Waals surface area contributed by atoms with E-state index in [4.69, 9.17) is 0 Å². The van der Waals surface area contributed by atoms with Crippen molar-refractivity contribution in [1.82, 2.24) is 15.0 Å². The second-order valence-corrected chi connectivity index (χ2v) is 3.91. The average Bonchev–Trinajstić information content (AvgIpc) is 2.28. The van der Waals surface area contributed by atoms with Crippen molar-refractivity contribution in [3.63, 3.8) is 0 Å². The standard InChI is InChI=1S/C13H16N4/c1-4-14-12-8-10(3)16-13(17-12)11-7-5-6-9(2)15-11/h5-8H,4H2,1-3H3,(H,14,16,17). The second-order valence-electron chi connectivity index (χ2n) is 3.91. The number of hydrogen-bond donors (Lipinski definition) is 1. The highest BCUT2D eigenvalue weighted by Crippen LogP contribution is 2.15. The lowest BCUT2D eigenvalue weighted by atomic mass is 10.3. The summed E-state index contributed by atoms with van der Waals surface area (Å²) in [5.41, 5.74) is 2.72. The smallest absolute Gasteiger partial charge is 0.180 e. The Balaban J connectivity index is 2.44. The van der Waals surface area contributed by atoms with Gasteiger partial charge in [0.2, 0.25) is 0 Å². The number of pyridine rings is 1. The highest BCUT2D eigenvalue weighted by atomic mass is 15.0. The van der Waals surface area contributed by atoms with Gasteiger partial charge in [-0.15, -0.1) is 0 Å². The molecule has 0 atom stereocenters. The highest BCUT2D eigenvalue weighted by molar-refractivity contribution is 5.53. The van der Waals surface area contributed by atoms with E-state index in [9.17, 15) is 0 Å². The summed E-state index contributed by atoms with van der Waals surface area (Å²) in [7, 11) is 0. The summed E-state index contributed by atoms with van der Waals surface area (Å²) in [4.78, 5) is 13.3. The van der Waals surface area contributed by atoms with Crippen LogP contribution in [0.15, 0.2) is 24.3 Å². The first-order valence-electron chi connectivity index (χ1n) is 5.72. The first-order valence-corrected chi connectivity index (χ1v) is 5.72. The van der Waals surface area contributed by atoms with Crippen LogP contribution in [0.1, 0.15) is 18.3 Å². The molecule has 0 aliphatic heterocycles. The third kappa shape index (κ3) is 2.78. The number of nitrogens with zero attached hydrogens (tertiary/aromatic N) is 3. The van der Waals surface area contributed by atoms with Crippen molar-refractivity contribution >= 4 is 5.82 Å². The van der Waals surface area contributed by atoms with E-state index in [0.29, 0.717) is 5.82 Å².